The predicted molar refractivity (Wildman–Crippen MR) is 97.0 cm³/mol. The molecule has 0 spiro atoms. The van der Waals surface area contributed by atoms with Crippen LogP contribution in [0.4, 0.5) is 0 Å². The number of nitrogens with zero attached hydrogens (tertiary/aromatic N) is 3. The van der Waals surface area contributed by atoms with Crippen molar-refractivity contribution in [3.05, 3.63) is 84.1 Å². The third kappa shape index (κ3) is 3.61. The first-order chi connectivity index (χ1) is 12.3. The van der Waals surface area contributed by atoms with E-state index in [0.29, 0.717) is 0 Å². The monoisotopic (exact) mass is 332 g/mol. The van der Waals surface area contributed by atoms with E-state index >= 15 is 0 Å². The van der Waals surface area contributed by atoms with E-state index in [-0.39, 0.29) is 6.04 Å². The fourth-order valence-electron chi connectivity index (χ4n) is 2.85. The zero-order valence-electron chi connectivity index (χ0n) is 14.1. The fraction of sp³-hybridized carbons (Fsp3) is 0.200. The Hall–Kier alpha value is -2.92. The van der Waals surface area contributed by atoms with Crippen LogP contribution in [-0.2, 0) is 13.1 Å². The van der Waals surface area contributed by atoms with Crippen molar-refractivity contribution in [3.8, 4) is 0 Å². The Balaban J connectivity index is 1.37. The SMILES string of the molecule is CC(NCc1ccc(Cn2cncn2)cc1)c1cc2ccccc2o1. The van der Waals surface area contributed by atoms with Crippen molar-refractivity contribution < 1.29 is 4.42 Å². The van der Waals surface area contributed by atoms with Gasteiger partial charge in [0.1, 0.15) is 24.0 Å². The van der Waals surface area contributed by atoms with Crippen LogP contribution in [0.3, 0.4) is 0 Å². The number of aromatic nitrogens is 3. The molecule has 0 fully saturated rings. The predicted octanol–water partition coefficient (Wildman–Crippen LogP) is 3.92. The maximum atomic E-state index is 5.92. The minimum Gasteiger partial charge on any atom is -0.459 e. The molecule has 25 heavy (non-hydrogen) atoms. The van der Waals surface area contributed by atoms with E-state index in [9.17, 15) is 0 Å². The van der Waals surface area contributed by atoms with Crippen LogP contribution < -0.4 is 5.32 Å². The standard InChI is InChI=1S/C20H20N4O/c1-15(20-10-18-4-2-3-5-19(18)25-20)22-11-16-6-8-17(9-7-16)12-24-14-21-13-23-24/h2-10,13-15,22H,11-12H2,1H3. The van der Waals surface area contributed by atoms with Crippen LogP contribution in [-0.4, -0.2) is 14.8 Å². The van der Waals surface area contributed by atoms with Gasteiger partial charge in [-0.2, -0.15) is 5.10 Å². The summed E-state index contributed by atoms with van der Waals surface area (Å²) < 4.78 is 7.73. The summed E-state index contributed by atoms with van der Waals surface area (Å²) in [6.07, 6.45) is 3.28. The lowest BCUT2D eigenvalue weighted by Crippen LogP contribution is -2.17. The summed E-state index contributed by atoms with van der Waals surface area (Å²) in [6, 6.07) is 18.9. The lowest BCUT2D eigenvalue weighted by Gasteiger charge is -2.11. The summed E-state index contributed by atoms with van der Waals surface area (Å²) in [5.74, 6) is 0.962. The second-order valence-corrected chi connectivity index (χ2v) is 6.20. The molecule has 0 amide bonds. The molecule has 126 valence electrons. The van der Waals surface area contributed by atoms with Crippen LogP contribution in [0.5, 0.6) is 0 Å². The topological polar surface area (TPSA) is 55.9 Å². The highest BCUT2D eigenvalue weighted by Gasteiger charge is 2.10. The molecule has 1 N–H and O–H groups in total. The number of benzene rings is 2. The molecule has 5 heteroatoms. The highest BCUT2D eigenvalue weighted by molar-refractivity contribution is 5.77. The third-order valence-electron chi connectivity index (χ3n) is 4.32. The lowest BCUT2D eigenvalue weighted by molar-refractivity contribution is 0.451. The molecule has 0 saturated heterocycles. The quantitative estimate of drug-likeness (QED) is 0.581. The normalized spacial score (nSPS) is 12.5. The molecule has 0 bridgehead atoms. The van der Waals surface area contributed by atoms with Gasteiger partial charge >= 0.3 is 0 Å². The van der Waals surface area contributed by atoms with Crippen molar-refractivity contribution in [2.24, 2.45) is 0 Å². The molecule has 0 radical (unpaired) electrons. The summed E-state index contributed by atoms with van der Waals surface area (Å²) in [5.41, 5.74) is 3.38. The summed E-state index contributed by atoms with van der Waals surface area (Å²) in [5, 5.41) is 8.79. The summed E-state index contributed by atoms with van der Waals surface area (Å²) >= 11 is 0. The minimum atomic E-state index is 0.155. The second-order valence-electron chi connectivity index (χ2n) is 6.20. The zero-order valence-corrected chi connectivity index (χ0v) is 14.1. The maximum absolute atomic E-state index is 5.92. The van der Waals surface area contributed by atoms with E-state index in [1.54, 1.807) is 12.7 Å². The number of hydrogen-bond acceptors (Lipinski definition) is 4. The van der Waals surface area contributed by atoms with Crippen molar-refractivity contribution in [1.29, 1.82) is 0 Å². The average Bonchev–Trinajstić information content (AvgIpc) is 3.30. The molecule has 5 nitrogen and oxygen atoms in total. The molecule has 4 rings (SSSR count). The van der Waals surface area contributed by atoms with Crippen molar-refractivity contribution in [1.82, 2.24) is 20.1 Å². The van der Waals surface area contributed by atoms with Crippen LogP contribution in [0.1, 0.15) is 29.9 Å². The van der Waals surface area contributed by atoms with Crippen molar-refractivity contribution in [3.63, 3.8) is 0 Å². The lowest BCUT2D eigenvalue weighted by atomic mass is 10.1. The zero-order chi connectivity index (χ0) is 17.1. The molecule has 2 heterocycles. The van der Waals surface area contributed by atoms with Gasteiger partial charge in [-0.3, -0.25) is 0 Å². The molecule has 1 unspecified atom stereocenters. The highest BCUT2D eigenvalue weighted by atomic mass is 16.3. The molecular formula is C20H20N4O. The smallest absolute Gasteiger partial charge is 0.137 e. The van der Waals surface area contributed by atoms with Gasteiger partial charge in [-0.05, 0) is 30.2 Å². The first kappa shape index (κ1) is 15.6. The van der Waals surface area contributed by atoms with E-state index in [1.807, 2.05) is 22.9 Å². The van der Waals surface area contributed by atoms with Crippen LogP contribution in [0.2, 0.25) is 0 Å². The number of hydrogen-bond donors (Lipinski definition) is 1. The van der Waals surface area contributed by atoms with Gasteiger partial charge in [0.05, 0.1) is 12.6 Å². The summed E-state index contributed by atoms with van der Waals surface area (Å²) in [7, 11) is 0. The van der Waals surface area contributed by atoms with Crippen molar-refractivity contribution >= 4 is 11.0 Å². The van der Waals surface area contributed by atoms with Crippen molar-refractivity contribution in [2.75, 3.05) is 0 Å². The molecule has 4 aromatic rings. The van der Waals surface area contributed by atoms with Gasteiger partial charge in [0.2, 0.25) is 0 Å². The highest BCUT2D eigenvalue weighted by Crippen LogP contribution is 2.23. The second kappa shape index (κ2) is 6.91. The van der Waals surface area contributed by atoms with Crippen LogP contribution >= 0.6 is 0 Å². The molecule has 0 aliphatic rings. The Bertz CT molecular complexity index is 908. The summed E-state index contributed by atoms with van der Waals surface area (Å²) in [6.45, 7) is 3.65. The summed E-state index contributed by atoms with van der Waals surface area (Å²) in [4.78, 5) is 3.96. The molecule has 2 aromatic carbocycles. The molecule has 1 atom stereocenters. The Morgan fingerprint density at radius 1 is 1.08 bits per heavy atom. The van der Waals surface area contributed by atoms with Crippen LogP contribution in [0.15, 0.2) is 71.7 Å². The Morgan fingerprint density at radius 2 is 1.88 bits per heavy atom. The van der Waals surface area contributed by atoms with Gasteiger partial charge < -0.3 is 9.73 Å². The van der Waals surface area contributed by atoms with Gasteiger partial charge in [0.25, 0.3) is 0 Å². The van der Waals surface area contributed by atoms with Gasteiger partial charge in [-0.15, -0.1) is 0 Å². The van der Waals surface area contributed by atoms with E-state index in [4.69, 9.17) is 4.42 Å². The Kier molecular flexibility index (Phi) is 4.31. The minimum absolute atomic E-state index is 0.155. The molecule has 0 aliphatic carbocycles. The first-order valence-electron chi connectivity index (χ1n) is 8.40. The third-order valence-corrected chi connectivity index (χ3v) is 4.32. The number of para-hydroxylation sites is 1. The van der Waals surface area contributed by atoms with Gasteiger partial charge in [-0.1, -0.05) is 42.5 Å². The molecule has 0 saturated carbocycles. The van der Waals surface area contributed by atoms with Gasteiger partial charge in [-0.25, -0.2) is 9.67 Å². The van der Waals surface area contributed by atoms with E-state index in [0.717, 1.165) is 29.8 Å². The Morgan fingerprint density at radius 3 is 2.64 bits per heavy atom. The van der Waals surface area contributed by atoms with Gasteiger partial charge in [0, 0.05) is 11.9 Å². The fourth-order valence-corrected chi connectivity index (χ4v) is 2.85. The molecule has 2 aromatic heterocycles. The molecular weight excluding hydrogens is 312 g/mol. The number of furan rings is 1. The van der Waals surface area contributed by atoms with Crippen molar-refractivity contribution in [2.45, 2.75) is 26.1 Å². The number of fused-ring (bicyclic) bond motifs is 1. The van der Waals surface area contributed by atoms with E-state index in [1.165, 1.54) is 11.1 Å². The average molecular weight is 332 g/mol. The van der Waals surface area contributed by atoms with Crippen LogP contribution in [0.25, 0.3) is 11.0 Å². The van der Waals surface area contributed by atoms with E-state index < -0.39 is 0 Å². The number of nitrogens with one attached hydrogen (secondary N) is 1. The first-order valence-corrected chi connectivity index (χ1v) is 8.40. The Labute approximate surface area is 146 Å². The number of rotatable bonds is 6. The maximum Gasteiger partial charge on any atom is 0.137 e. The van der Waals surface area contributed by atoms with E-state index in [2.05, 4.69) is 58.7 Å². The largest absolute Gasteiger partial charge is 0.459 e. The van der Waals surface area contributed by atoms with Crippen LogP contribution in [0, 0.1) is 0 Å². The van der Waals surface area contributed by atoms with Gasteiger partial charge in [0.15, 0.2) is 0 Å². The molecule has 0 aliphatic heterocycles.